The van der Waals surface area contributed by atoms with Gasteiger partial charge in [0.15, 0.2) is 0 Å². The first kappa shape index (κ1) is 18.7. The first-order valence-corrected chi connectivity index (χ1v) is 6.99. The molecule has 0 bridgehead atoms. The van der Waals surface area contributed by atoms with Gasteiger partial charge in [-0.15, -0.1) is 12.4 Å². The van der Waals surface area contributed by atoms with Crippen molar-refractivity contribution in [3.63, 3.8) is 0 Å². The number of carbonyl (C=O) groups excluding carboxylic acids is 1. The predicted molar refractivity (Wildman–Crippen MR) is 84.7 cm³/mol. The Labute approximate surface area is 127 Å². The van der Waals surface area contributed by atoms with Crippen molar-refractivity contribution in [2.75, 3.05) is 19.7 Å². The van der Waals surface area contributed by atoms with E-state index in [9.17, 15) is 4.79 Å². The van der Waals surface area contributed by atoms with Gasteiger partial charge in [-0.05, 0) is 50.1 Å². The third-order valence-corrected chi connectivity index (χ3v) is 2.80. The molecular weight excluding hydrogens is 276 g/mol. The minimum atomic E-state index is -0.0443. The summed E-state index contributed by atoms with van der Waals surface area (Å²) < 4.78 is 5.55. The SMILES string of the molecule is CCCCOc1ccc(C(=O)NCCCCN)cc1.Cl. The zero-order valence-corrected chi connectivity index (χ0v) is 12.9. The largest absolute Gasteiger partial charge is 0.494 e. The van der Waals surface area contributed by atoms with Gasteiger partial charge in [-0.1, -0.05) is 13.3 Å². The lowest BCUT2D eigenvalue weighted by atomic mass is 10.2. The molecule has 0 aromatic heterocycles. The Balaban J connectivity index is 0.00000361. The third kappa shape index (κ3) is 7.36. The maximum atomic E-state index is 11.8. The topological polar surface area (TPSA) is 64.3 Å². The fourth-order valence-electron chi connectivity index (χ4n) is 1.61. The number of nitrogens with two attached hydrogens (primary N) is 1. The smallest absolute Gasteiger partial charge is 0.251 e. The fourth-order valence-corrected chi connectivity index (χ4v) is 1.61. The van der Waals surface area contributed by atoms with E-state index >= 15 is 0 Å². The lowest BCUT2D eigenvalue weighted by Gasteiger charge is -2.07. The minimum absolute atomic E-state index is 0. The number of amides is 1. The van der Waals surface area contributed by atoms with Crippen molar-refractivity contribution in [3.05, 3.63) is 29.8 Å². The Morgan fingerprint density at radius 2 is 1.90 bits per heavy atom. The summed E-state index contributed by atoms with van der Waals surface area (Å²) >= 11 is 0. The van der Waals surface area contributed by atoms with Gasteiger partial charge in [0.2, 0.25) is 0 Å². The van der Waals surface area contributed by atoms with Gasteiger partial charge >= 0.3 is 0 Å². The molecule has 0 atom stereocenters. The maximum absolute atomic E-state index is 11.8. The average molecular weight is 301 g/mol. The van der Waals surface area contributed by atoms with E-state index in [2.05, 4.69) is 12.2 Å². The quantitative estimate of drug-likeness (QED) is 0.689. The molecule has 4 nitrogen and oxygen atoms in total. The molecule has 0 radical (unpaired) electrons. The molecule has 0 saturated carbocycles. The summed E-state index contributed by atoms with van der Waals surface area (Å²) in [7, 11) is 0. The van der Waals surface area contributed by atoms with E-state index in [-0.39, 0.29) is 18.3 Å². The first-order valence-electron chi connectivity index (χ1n) is 6.99. The summed E-state index contributed by atoms with van der Waals surface area (Å²) in [6, 6.07) is 7.26. The van der Waals surface area contributed by atoms with Crippen molar-refractivity contribution in [3.8, 4) is 5.75 Å². The Bertz CT molecular complexity index is 369. The van der Waals surface area contributed by atoms with Gasteiger partial charge in [0, 0.05) is 12.1 Å². The van der Waals surface area contributed by atoms with E-state index in [0.717, 1.165) is 38.0 Å². The fraction of sp³-hybridized carbons (Fsp3) is 0.533. The number of ether oxygens (including phenoxy) is 1. The molecule has 1 aromatic rings. The molecule has 1 rings (SSSR count). The van der Waals surface area contributed by atoms with Gasteiger partial charge in [-0.3, -0.25) is 4.79 Å². The standard InChI is InChI=1S/C15H24N2O2.ClH/c1-2-3-12-19-14-8-6-13(7-9-14)15(18)17-11-5-4-10-16;/h6-9H,2-5,10-12,16H2,1H3,(H,17,18);1H. The summed E-state index contributed by atoms with van der Waals surface area (Å²) in [5, 5.41) is 2.87. The molecule has 3 N–H and O–H groups in total. The lowest BCUT2D eigenvalue weighted by Crippen LogP contribution is -2.24. The third-order valence-electron chi connectivity index (χ3n) is 2.80. The highest BCUT2D eigenvalue weighted by Crippen LogP contribution is 2.12. The van der Waals surface area contributed by atoms with Crippen LogP contribution in [0.15, 0.2) is 24.3 Å². The zero-order valence-electron chi connectivity index (χ0n) is 12.1. The molecule has 0 saturated heterocycles. The lowest BCUT2D eigenvalue weighted by molar-refractivity contribution is 0.0953. The highest BCUT2D eigenvalue weighted by atomic mass is 35.5. The molecule has 0 heterocycles. The van der Waals surface area contributed by atoms with Crippen molar-refractivity contribution in [1.29, 1.82) is 0 Å². The van der Waals surface area contributed by atoms with Crippen LogP contribution < -0.4 is 15.8 Å². The van der Waals surface area contributed by atoms with E-state index in [1.54, 1.807) is 12.1 Å². The van der Waals surface area contributed by atoms with Gasteiger partial charge in [0.1, 0.15) is 5.75 Å². The maximum Gasteiger partial charge on any atom is 0.251 e. The number of unbranched alkanes of at least 4 members (excludes halogenated alkanes) is 2. The van der Waals surface area contributed by atoms with E-state index in [1.807, 2.05) is 12.1 Å². The van der Waals surface area contributed by atoms with Crippen molar-refractivity contribution >= 4 is 18.3 Å². The molecular formula is C15H25ClN2O2. The van der Waals surface area contributed by atoms with Crippen LogP contribution in [0, 0.1) is 0 Å². The molecule has 114 valence electrons. The molecule has 20 heavy (non-hydrogen) atoms. The van der Waals surface area contributed by atoms with Crippen molar-refractivity contribution in [1.82, 2.24) is 5.32 Å². The molecule has 0 aliphatic heterocycles. The van der Waals surface area contributed by atoms with Crippen LogP contribution in [0.2, 0.25) is 0 Å². The number of hydrogen-bond donors (Lipinski definition) is 2. The van der Waals surface area contributed by atoms with Crippen LogP contribution in [0.3, 0.4) is 0 Å². The Hall–Kier alpha value is -1.26. The molecule has 1 amide bonds. The second-order valence-corrected chi connectivity index (χ2v) is 4.48. The second-order valence-electron chi connectivity index (χ2n) is 4.48. The van der Waals surface area contributed by atoms with Crippen LogP contribution in [0.25, 0.3) is 0 Å². The molecule has 0 fully saturated rings. The minimum Gasteiger partial charge on any atom is -0.494 e. The summed E-state index contributed by atoms with van der Waals surface area (Å²) in [4.78, 5) is 11.8. The van der Waals surface area contributed by atoms with Crippen LogP contribution in [-0.2, 0) is 0 Å². The Kier molecular flexibility index (Phi) is 10.8. The van der Waals surface area contributed by atoms with Crippen LogP contribution >= 0.6 is 12.4 Å². The van der Waals surface area contributed by atoms with Crippen LogP contribution in [0.4, 0.5) is 0 Å². The molecule has 0 aliphatic carbocycles. The van der Waals surface area contributed by atoms with Crippen LogP contribution in [-0.4, -0.2) is 25.6 Å². The zero-order chi connectivity index (χ0) is 13.9. The molecule has 1 aromatic carbocycles. The van der Waals surface area contributed by atoms with Crippen molar-refractivity contribution in [2.24, 2.45) is 5.73 Å². The predicted octanol–water partition coefficient (Wildman–Crippen LogP) is 2.76. The van der Waals surface area contributed by atoms with E-state index in [4.69, 9.17) is 10.5 Å². The van der Waals surface area contributed by atoms with Crippen LogP contribution in [0.5, 0.6) is 5.75 Å². The van der Waals surface area contributed by atoms with Gasteiger partial charge in [0.05, 0.1) is 6.61 Å². The summed E-state index contributed by atoms with van der Waals surface area (Å²) in [5.74, 6) is 0.769. The second kappa shape index (κ2) is 11.6. The number of nitrogens with one attached hydrogen (secondary N) is 1. The van der Waals surface area contributed by atoms with Gasteiger partial charge in [-0.2, -0.15) is 0 Å². The first-order chi connectivity index (χ1) is 9.27. The van der Waals surface area contributed by atoms with Crippen molar-refractivity contribution in [2.45, 2.75) is 32.6 Å². The van der Waals surface area contributed by atoms with E-state index < -0.39 is 0 Å². The van der Waals surface area contributed by atoms with E-state index in [1.165, 1.54) is 0 Å². The van der Waals surface area contributed by atoms with Crippen molar-refractivity contribution < 1.29 is 9.53 Å². The summed E-state index contributed by atoms with van der Waals surface area (Å²) in [5.41, 5.74) is 6.06. The van der Waals surface area contributed by atoms with Crippen LogP contribution in [0.1, 0.15) is 43.0 Å². The van der Waals surface area contributed by atoms with E-state index in [0.29, 0.717) is 18.7 Å². The van der Waals surface area contributed by atoms with Gasteiger partial charge < -0.3 is 15.8 Å². The number of carbonyl (C=O) groups is 1. The normalized spacial score (nSPS) is 9.70. The molecule has 0 spiro atoms. The van der Waals surface area contributed by atoms with Gasteiger partial charge in [-0.25, -0.2) is 0 Å². The van der Waals surface area contributed by atoms with Gasteiger partial charge in [0.25, 0.3) is 5.91 Å². The highest BCUT2D eigenvalue weighted by Gasteiger charge is 2.04. The monoisotopic (exact) mass is 300 g/mol. The highest BCUT2D eigenvalue weighted by molar-refractivity contribution is 5.94. The number of benzene rings is 1. The Morgan fingerprint density at radius 1 is 1.20 bits per heavy atom. The molecule has 0 unspecified atom stereocenters. The number of rotatable bonds is 9. The average Bonchev–Trinajstić information content (AvgIpc) is 2.44. The summed E-state index contributed by atoms with van der Waals surface area (Å²) in [6.07, 6.45) is 4.01. The molecule has 0 aliphatic rings. The number of hydrogen-bond acceptors (Lipinski definition) is 3. The molecule has 5 heteroatoms. The summed E-state index contributed by atoms with van der Waals surface area (Å²) in [6.45, 7) is 4.19. The Morgan fingerprint density at radius 3 is 2.50 bits per heavy atom. The number of halogens is 1.